The number of aromatic nitrogens is 3. The van der Waals surface area contributed by atoms with Gasteiger partial charge in [0.15, 0.2) is 5.16 Å². The first-order valence-corrected chi connectivity index (χ1v) is 8.52. The van der Waals surface area contributed by atoms with Crippen LogP contribution in [0, 0.1) is 13.8 Å². The number of carbonyl (C=O) groups excluding carboxylic acids is 2. The number of thioether (sulfide) groups is 1. The Morgan fingerprint density at radius 1 is 1.25 bits per heavy atom. The Balaban J connectivity index is 1.93. The zero-order valence-electron chi connectivity index (χ0n) is 14.0. The fraction of sp³-hybridized carbons (Fsp3) is 0.375. The van der Waals surface area contributed by atoms with Crippen molar-refractivity contribution in [3.8, 4) is 0 Å². The highest BCUT2D eigenvalue weighted by Crippen LogP contribution is 2.21. The molecule has 24 heavy (non-hydrogen) atoms. The van der Waals surface area contributed by atoms with Crippen LogP contribution in [0.3, 0.4) is 0 Å². The van der Waals surface area contributed by atoms with Crippen LogP contribution in [0.5, 0.6) is 0 Å². The van der Waals surface area contributed by atoms with Gasteiger partial charge in [0.25, 0.3) is 0 Å². The van der Waals surface area contributed by atoms with E-state index in [0.29, 0.717) is 17.4 Å². The van der Waals surface area contributed by atoms with E-state index in [4.69, 9.17) is 5.73 Å². The molecule has 7 nitrogen and oxygen atoms in total. The number of carbonyl (C=O) groups is 2. The maximum Gasteiger partial charge on any atom is 0.234 e. The largest absolute Gasteiger partial charge is 0.370 e. The molecule has 0 unspecified atom stereocenters. The normalized spacial score (nSPS) is 10.6. The molecule has 0 aliphatic carbocycles. The minimum atomic E-state index is -0.375. The predicted molar refractivity (Wildman–Crippen MR) is 93.8 cm³/mol. The number of para-hydroxylation sites is 1. The van der Waals surface area contributed by atoms with Crippen LogP contribution in [0.1, 0.15) is 23.4 Å². The Morgan fingerprint density at radius 3 is 2.54 bits per heavy atom. The minimum Gasteiger partial charge on any atom is -0.370 e. The molecule has 3 N–H and O–H groups in total. The van der Waals surface area contributed by atoms with Crippen molar-refractivity contribution in [2.45, 2.75) is 31.8 Å². The number of benzene rings is 1. The maximum atomic E-state index is 12.2. The van der Waals surface area contributed by atoms with Gasteiger partial charge < -0.3 is 15.6 Å². The van der Waals surface area contributed by atoms with Crippen molar-refractivity contribution < 1.29 is 9.59 Å². The SMILES string of the molecule is Cc1cccc(C)c1NC(=O)CSc1nnc(CCC(N)=O)n1C. The van der Waals surface area contributed by atoms with E-state index in [2.05, 4.69) is 15.5 Å². The summed E-state index contributed by atoms with van der Waals surface area (Å²) in [5, 5.41) is 11.6. The Bertz CT molecular complexity index is 737. The Kier molecular flexibility index (Phi) is 5.97. The lowest BCUT2D eigenvalue weighted by Gasteiger charge is -2.11. The van der Waals surface area contributed by atoms with Crippen LogP contribution < -0.4 is 11.1 Å². The lowest BCUT2D eigenvalue weighted by atomic mass is 10.1. The number of hydrogen-bond donors (Lipinski definition) is 2. The van der Waals surface area contributed by atoms with Crippen molar-refractivity contribution in [2.75, 3.05) is 11.1 Å². The Hall–Kier alpha value is -2.35. The molecule has 1 aromatic heterocycles. The second kappa shape index (κ2) is 7.96. The average Bonchev–Trinajstić information content (AvgIpc) is 2.87. The number of anilines is 1. The van der Waals surface area contributed by atoms with Gasteiger partial charge in [0.05, 0.1) is 5.75 Å². The highest BCUT2D eigenvalue weighted by molar-refractivity contribution is 7.99. The Labute approximate surface area is 145 Å². The third-order valence-electron chi connectivity index (χ3n) is 3.60. The molecule has 0 atom stereocenters. The Morgan fingerprint density at radius 2 is 1.92 bits per heavy atom. The third-order valence-corrected chi connectivity index (χ3v) is 4.62. The second-order valence-corrected chi connectivity index (χ2v) is 6.47. The smallest absolute Gasteiger partial charge is 0.234 e. The fourth-order valence-corrected chi connectivity index (χ4v) is 2.97. The summed E-state index contributed by atoms with van der Waals surface area (Å²) in [6.45, 7) is 3.92. The van der Waals surface area contributed by atoms with Crippen molar-refractivity contribution in [1.29, 1.82) is 0 Å². The summed E-state index contributed by atoms with van der Waals surface area (Å²) in [5.41, 5.74) is 8.05. The van der Waals surface area contributed by atoms with Gasteiger partial charge in [-0.05, 0) is 25.0 Å². The molecule has 1 heterocycles. The van der Waals surface area contributed by atoms with E-state index < -0.39 is 0 Å². The molecule has 0 fully saturated rings. The summed E-state index contributed by atoms with van der Waals surface area (Å²) < 4.78 is 1.78. The summed E-state index contributed by atoms with van der Waals surface area (Å²) in [7, 11) is 1.81. The van der Waals surface area contributed by atoms with Gasteiger partial charge in [-0.25, -0.2) is 0 Å². The lowest BCUT2D eigenvalue weighted by Crippen LogP contribution is -2.16. The summed E-state index contributed by atoms with van der Waals surface area (Å²) in [4.78, 5) is 23.0. The van der Waals surface area contributed by atoms with Crippen molar-refractivity contribution in [3.05, 3.63) is 35.2 Å². The van der Waals surface area contributed by atoms with Gasteiger partial charge in [-0.2, -0.15) is 0 Å². The predicted octanol–water partition coefficient (Wildman–Crippen LogP) is 1.58. The topological polar surface area (TPSA) is 103 Å². The fourth-order valence-electron chi connectivity index (χ4n) is 2.24. The summed E-state index contributed by atoms with van der Waals surface area (Å²) in [6.07, 6.45) is 0.664. The summed E-state index contributed by atoms with van der Waals surface area (Å²) in [6, 6.07) is 5.88. The molecule has 0 saturated heterocycles. The number of nitrogens with two attached hydrogens (primary N) is 1. The van der Waals surface area contributed by atoms with Gasteiger partial charge in [0, 0.05) is 25.6 Å². The van der Waals surface area contributed by atoms with Crippen LogP contribution in [0.25, 0.3) is 0 Å². The van der Waals surface area contributed by atoms with Crippen LogP contribution in [0.15, 0.2) is 23.4 Å². The van der Waals surface area contributed by atoms with E-state index in [9.17, 15) is 9.59 Å². The van der Waals surface area contributed by atoms with E-state index in [1.165, 1.54) is 11.8 Å². The van der Waals surface area contributed by atoms with Gasteiger partial charge >= 0.3 is 0 Å². The highest BCUT2D eigenvalue weighted by atomic mass is 32.2. The van der Waals surface area contributed by atoms with Gasteiger partial charge in [0.2, 0.25) is 11.8 Å². The molecule has 2 amide bonds. The van der Waals surface area contributed by atoms with Crippen LogP contribution >= 0.6 is 11.8 Å². The van der Waals surface area contributed by atoms with E-state index in [1.807, 2.05) is 39.1 Å². The van der Waals surface area contributed by atoms with Crippen LogP contribution in [0.4, 0.5) is 5.69 Å². The molecule has 1 aromatic carbocycles. The molecule has 2 aromatic rings. The molecule has 0 bridgehead atoms. The molecular weight excluding hydrogens is 326 g/mol. The van der Waals surface area contributed by atoms with Crippen LogP contribution in [-0.4, -0.2) is 32.3 Å². The maximum absolute atomic E-state index is 12.2. The molecular formula is C16H21N5O2S. The number of nitrogens with one attached hydrogen (secondary N) is 1. The van der Waals surface area contributed by atoms with E-state index >= 15 is 0 Å². The van der Waals surface area contributed by atoms with Gasteiger partial charge in [0.1, 0.15) is 5.82 Å². The van der Waals surface area contributed by atoms with Crippen molar-refractivity contribution >= 4 is 29.3 Å². The standard InChI is InChI=1S/C16H21N5O2S/c1-10-5-4-6-11(2)15(10)18-14(23)9-24-16-20-19-13(21(16)3)8-7-12(17)22/h4-6H,7-9H2,1-3H3,(H2,17,22)(H,18,23). The average molecular weight is 347 g/mol. The molecule has 0 radical (unpaired) electrons. The second-order valence-electron chi connectivity index (χ2n) is 5.53. The number of primary amides is 1. The molecule has 0 spiro atoms. The molecule has 0 aliphatic rings. The zero-order valence-corrected chi connectivity index (χ0v) is 14.8. The summed E-state index contributed by atoms with van der Waals surface area (Å²) >= 11 is 1.30. The van der Waals surface area contributed by atoms with E-state index in [-0.39, 0.29) is 24.0 Å². The first-order chi connectivity index (χ1) is 11.4. The molecule has 0 aliphatic heterocycles. The first kappa shape index (κ1) is 18.0. The molecule has 0 saturated carbocycles. The molecule has 8 heteroatoms. The van der Waals surface area contributed by atoms with Gasteiger partial charge in [-0.1, -0.05) is 30.0 Å². The summed E-state index contributed by atoms with van der Waals surface area (Å²) in [5.74, 6) is 0.431. The van der Waals surface area contributed by atoms with E-state index in [1.54, 1.807) is 4.57 Å². The quantitative estimate of drug-likeness (QED) is 0.740. The van der Waals surface area contributed by atoms with Crippen LogP contribution in [-0.2, 0) is 23.1 Å². The molecule has 2 rings (SSSR count). The van der Waals surface area contributed by atoms with Crippen molar-refractivity contribution in [1.82, 2.24) is 14.8 Å². The number of hydrogen-bond acceptors (Lipinski definition) is 5. The van der Waals surface area contributed by atoms with Crippen molar-refractivity contribution in [2.24, 2.45) is 12.8 Å². The van der Waals surface area contributed by atoms with Gasteiger partial charge in [-0.3, -0.25) is 9.59 Å². The van der Waals surface area contributed by atoms with Crippen LogP contribution in [0.2, 0.25) is 0 Å². The number of amides is 2. The lowest BCUT2D eigenvalue weighted by molar-refractivity contribution is -0.118. The zero-order chi connectivity index (χ0) is 17.7. The van der Waals surface area contributed by atoms with Crippen molar-refractivity contribution in [3.63, 3.8) is 0 Å². The number of aryl methyl sites for hydroxylation is 3. The highest BCUT2D eigenvalue weighted by Gasteiger charge is 2.13. The first-order valence-electron chi connectivity index (χ1n) is 7.54. The number of rotatable bonds is 7. The third kappa shape index (κ3) is 4.58. The molecule has 128 valence electrons. The van der Waals surface area contributed by atoms with Gasteiger partial charge in [-0.15, -0.1) is 10.2 Å². The minimum absolute atomic E-state index is 0.0981. The number of nitrogens with zero attached hydrogens (tertiary/aromatic N) is 3. The monoisotopic (exact) mass is 347 g/mol. The van der Waals surface area contributed by atoms with E-state index in [0.717, 1.165) is 16.8 Å².